The van der Waals surface area contributed by atoms with Crippen LogP contribution in [-0.2, 0) is 6.54 Å². The highest BCUT2D eigenvalue weighted by Gasteiger charge is 2.02. The Morgan fingerprint density at radius 3 is 3.06 bits per heavy atom. The van der Waals surface area contributed by atoms with E-state index in [-0.39, 0.29) is 5.96 Å². The largest absolute Gasteiger partial charge is 0.352 e. The first-order valence-corrected chi connectivity index (χ1v) is 4.80. The highest BCUT2D eigenvalue weighted by Crippen LogP contribution is 1.97. The number of nitro groups is 1. The van der Waals surface area contributed by atoms with Gasteiger partial charge in [-0.25, -0.2) is 15.1 Å². The summed E-state index contributed by atoms with van der Waals surface area (Å²) < 4.78 is 0. The Hall–Kier alpha value is -2.18. The molecular weight excluding hydrogens is 210 g/mol. The number of hydrogen-bond acceptors (Lipinski definition) is 4. The smallest absolute Gasteiger partial charge is 0.254 e. The summed E-state index contributed by atoms with van der Waals surface area (Å²) in [7, 11) is 0. The SMILES string of the molecule is CCNC(=NCc1cccnc1)N[N+](=O)[O-]. The van der Waals surface area contributed by atoms with Crippen molar-refractivity contribution in [3.8, 4) is 0 Å². The second-order valence-corrected chi connectivity index (χ2v) is 2.93. The van der Waals surface area contributed by atoms with Crippen LogP contribution in [0.15, 0.2) is 29.5 Å². The monoisotopic (exact) mass is 223 g/mol. The quantitative estimate of drug-likeness (QED) is 0.332. The third-order valence-electron chi connectivity index (χ3n) is 1.68. The molecule has 0 saturated carbocycles. The molecule has 0 aromatic carbocycles. The second kappa shape index (κ2) is 6.33. The van der Waals surface area contributed by atoms with Gasteiger partial charge in [0, 0.05) is 18.9 Å². The number of aliphatic imine (C=N–C) groups is 1. The van der Waals surface area contributed by atoms with E-state index in [4.69, 9.17) is 0 Å². The molecule has 0 unspecified atom stereocenters. The summed E-state index contributed by atoms with van der Waals surface area (Å²) in [5, 5.41) is 12.4. The molecule has 0 aliphatic heterocycles. The van der Waals surface area contributed by atoms with Gasteiger partial charge in [-0.15, -0.1) is 0 Å². The zero-order chi connectivity index (χ0) is 11.8. The van der Waals surface area contributed by atoms with Gasteiger partial charge in [-0.2, -0.15) is 0 Å². The number of hydrazine groups is 1. The Bertz CT molecular complexity index is 365. The fourth-order valence-corrected chi connectivity index (χ4v) is 1.05. The van der Waals surface area contributed by atoms with E-state index in [0.717, 1.165) is 5.56 Å². The van der Waals surface area contributed by atoms with Crippen molar-refractivity contribution in [3.63, 3.8) is 0 Å². The number of guanidine groups is 1. The maximum Gasteiger partial charge on any atom is 0.254 e. The maximum absolute atomic E-state index is 10.3. The maximum atomic E-state index is 10.3. The van der Waals surface area contributed by atoms with Gasteiger partial charge in [0.25, 0.3) is 5.96 Å². The van der Waals surface area contributed by atoms with Gasteiger partial charge in [-0.1, -0.05) is 11.5 Å². The minimum absolute atomic E-state index is 0.149. The Labute approximate surface area is 92.7 Å². The lowest BCUT2D eigenvalue weighted by atomic mass is 10.3. The standard InChI is InChI=1S/C9H13N5O2/c1-2-11-9(13-14(15)16)12-7-8-4-3-5-10-6-8/h3-6H,2,7H2,1H3,(H2,11,12,13). The molecule has 16 heavy (non-hydrogen) atoms. The van der Waals surface area contributed by atoms with E-state index in [1.165, 1.54) is 0 Å². The topological polar surface area (TPSA) is 92.5 Å². The molecule has 1 rings (SSSR count). The lowest BCUT2D eigenvalue weighted by Crippen LogP contribution is -2.40. The molecule has 0 bridgehead atoms. The van der Waals surface area contributed by atoms with Crippen molar-refractivity contribution in [1.82, 2.24) is 15.7 Å². The van der Waals surface area contributed by atoms with E-state index in [1.807, 2.05) is 18.4 Å². The second-order valence-electron chi connectivity index (χ2n) is 2.93. The first-order valence-electron chi connectivity index (χ1n) is 4.80. The summed E-state index contributed by atoms with van der Waals surface area (Å²) >= 11 is 0. The molecule has 1 heterocycles. The summed E-state index contributed by atoms with van der Waals surface area (Å²) in [6, 6.07) is 3.64. The van der Waals surface area contributed by atoms with Crippen molar-refractivity contribution in [2.45, 2.75) is 13.5 Å². The molecule has 7 nitrogen and oxygen atoms in total. The molecule has 0 aliphatic carbocycles. The molecule has 86 valence electrons. The van der Waals surface area contributed by atoms with Crippen molar-refractivity contribution in [2.24, 2.45) is 4.99 Å². The zero-order valence-corrected chi connectivity index (χ0v) is 8.88. The van der Waals surface area contributed by atoms with E-state index in [0.29, 0.717) is 13.1 Å². The Balaban J connectivity index is 2.60. The van der Waals surface area contributed by atoms with E-state index in [9.17, 15) is 10.1 Å². The van der Waals surface area contributed by atoms with Crippen molar-refractivity contribution < 1.29 is 5.03 Å². The number of nitrogens with zero attached hydrogens (tertiary/aromatic N) is 3. The summed E-state index contributed by atoms with van der Waals surface area (Å²) in [4.78, 5) is 18.2. The van der Waals surface area contributed by atoms with E-state index in [1.54, 1.807) is 18.5 Å². The molecule has 2 N–H and O–H groups in total. The van der Waals surface area contributed by atoms with Gasteiger partial charge >= 0.3 is 0 Å². The van der Waals surface area contributed by atoms with Crippen LogP contribution in [0.4, 0.5) is 0 Å². The average molecular weight is 223 g/mol. The third kappa shape index (κ3) is 4.36. The number of hydrogen-bond donors (Lipinski definition) is 2. The first kappa shape index (κ1) is 11.9. The van der Waals surface area contributed by atoms with Gasteiger partial charge in [0.1, 0.15) is 0 Å². The summed E-state index contributed by atoms with van der Waals surface area (Å²) in [6.45, 7) is 2.74. The van der Waals surface area contributed by atoms with Crippen LogP contribution in [0.3, 0.4) is 0 Å². The van der Waals surface area contributed by atoms with Crippen LogP contribution in [0.1, 0.15) is 12.5 Å². The van der Waals surface area contributed by atoms with Crippen LogP contribution in [0.5, 0.6) is 0 Å². The van der Waals surface area contributed by atoms with E-state index < -0.39 is 5.03 Å². The fourth-order valence-electron chi connectivity index (χ4n) is 1.05. The molecule has 0 amide bonds. The Morgan fingerprint density at radius 1 is 1.69 bits per heavy atom. The Kier molecular flexibility index (Phi) is 4.71. The van der Waals surface area contributed by atoms with Crippen molar-refractivity contribution in [3.05, 3.63) is 40.2 Å². The van der Waals surface area contributed by atoms with Gasteiger partial charge in [0.2, 0.25) is 0 Å². The lowest BCUT2D eigenvalue weighted by molar-refractivity contribution is -0.525. The summed E-state index contributed by atoms with van der Waals surface area (Å²) in [5.41, 5.74) is 2.88. The molecule has 7 heteroatoms. The molecule has 0 saturated heterocycles. The van der Waals surface area contributed by atoms with Crippen LogP contribution < -0.4 is 10.7 Å². The minimum atomic E-state index is -0.648. The third-order valence-corrected chi connectivity index (χ3v) is 1.68. The summed E-state index contributed by atoms with van der Waals surface area (Å²) in [5.74, 6) is 0.149. The van der Waals surface area contributed by atoms with Crippen LogP contribution in [0.2, 0.25) is 0 Å². The van der Waals surface area contributed by atoms with Crippen molar-refractivity contribution >= 4 is 5.96 Å². The number of pyridine rings is 1. The number of aromatic nitrogens is 1. The van der Waals surface area contributed by atoms with E-state index >= 15 is 0 Å². The number of rotatable bonds is 4. The van der Waals surface area contributed by atoms with Crippen molar-refractivity contribution in [1.29, 1.82) is 0 Å². The van der Waals surface area contributed by atoms with Gasteiger partial charge in [0.05, 0.1) is 6.54 Å². The minimum Gasteiger partial charge on any atom is -0.352 e. The van der Waals surface area contributed by atoms with Gasteiger partial charge in [-0.3, -0.25) is 4.98 Å². The predicted octanol–water partition coefficient (Wildman–Crippen LogP) is 0.328. The molecule has 0 spiro atoms. The first-order chi connectivity index (χ1) is 7.72. The molecular formula is C9H13N5O2. The van der Waals surface area contributed by atoms with E-state index in [2.05, 4.69) is 15.3 Å². The van der Waals surface area contributed by atoms with Gasteiger partial charge in [0.15, 0.2) is 5.03 Å². The van der Waals surface area contributed by atoms with Crippen LogP contribution in [-0.4, -0.2) is 22.5 Å². The molecule has 0 fully saturated rings. The molecule has 0 radical (unpaired) electrons. The molecule has 0 atom stereocenters. The molecule has 0 aliphatic rings. The average Bonchev–Trinajstić information content (AvgIpc) is 2.27. The molecule has 1 aromatic heterocycles. The van der Waals surface area contributed by atoms with Gasteiger partial charge in [-0.05, 0) is 18.6 Å². The Morgan fingerprint density at radius 2 is 2.50 bits per heavy atom. The number of nitrogens with one attached hydrogen (secondary N) is 2. The zero-order valence-electron chi connectivity index (χ0n) is 8.88. The van der Waals surface area contributed by atoms with Crippen LogP contribution in [0.25, 0.3) is 0 Å². The predicted molar refractivity (Wildman–Crippen MR) is 59.2 cm³/mol. The lowest BCUT2D eigenvalue weighted by Gasteiger charge is -2.03. The van der Waals surface area contributed by atoms with Gasteiger partial charge < -0.3 is 5.32 Å². The fraction of sp³-hybridized carbons (Fsp3) is 0.333. The van der Waals surface area contributed by atoms with Crippen LogP contribution >= 0.6 is 0 Å². The summed E-state index contributed by atoms with van der Waals surface area (Å²) in [6.07, 6.45) is 3.33. The highest BCUT2D eigenvalue weighted by molar-refractivity contribution is 5.78. The molecule has 1 aromatic rings. The highest BCUT2D eigenvalue weighted by atomic mass is 16.7. The normalized spacial score (nSPS) is 10.9. The van der Waals surface area contributed by atoms with Crippen molar-refractivity contribution in [2.75, 3.05) is 6.54 Å². The van der Waals surface area contributed by atoms with Crippen LogP contribution in [0, 0.1) is 10.1 Å².